The van der Waals surface area contributed by atoms with Crippen LogP contribution >= 0.6 is 0 Å². The highest BCUT2D eigenvalue weighted by Gasteiger charge is 2.29. The Bertz CT molecular complexity index is 994. The van der Waals surface area contributed by atoms with Crippen LogP contribution in [-0.4, -0.2) is 43.8 Å². The van der Waals surface area contributed by atoms with Crippen molar-refractivity contribution in [3.63, 3.8) is 0 Å². The lowest BCUT2D eigenvalue weighted by atomic mass is 10.0. The van der Waals surface area contributed by atoms with Gasteiger partial charge in [0, 0.05) is 12.6 Å². The predicted molar refractivity (Wildman–Crippen MR) is 114 cm³/mol. The predicted octanol–water partition coefficient (Wildman–Crippen LogP) is 4.83. The molecule has 8 heteroatoms. The highest BCUT2D eigenvalue weighted by atomic mass is 19.3. The van der Waals surface area contributed by atoms with Gasteiger partial charge in [0.2, 0.25) is 5.91 Å². The Morgan fingerprint density at radius 3 is 2.75 bits per heavy atom. The molecule has 0 saturated carbocycles. The number of fused-ring (bicyclic) bond motifs is 1. The van der Waals surface area contributed by atoms with Gasteiger partial charge in [-0.15, -0.1) is 0 Å². The molecule has 0 spiro atoms. The SMILES string of the molecule is CCOc1cc(C=CC(=O)N2CCCC2c2ccc3c(c2)OCCO3)ccc1OC(F)F. The van der Waals surface area contributed by atoms with Crippen LogP contribution in [0.5, 0.6) is 23.0 Å². The zero-order valence-corrected chi connectivity index (χ0v) is 17.8. The van der Waals surface area contributed by atoms with Crippen LogP contribution < -0.4 is 18.9 Å². The summed E-state index contributed by atoms with van der Waals surface area (Å²) in [6.45, 7) is 0.821. The van der Waals surface area contributed by atoms with Crippen LogP contribution in [0.25, 0.3) is 6.08 Å². The smallest absolute Gasteiger partial charge is 0.387 e. The van der Waals surface area contributed by atoms with Gasteiger partial charge in [0.1, 0.15) is 13.2 Å². The number of benzene rings is 2. The van der Waals surface area contributed by atoms with E-state index in [2.05, 4.69) is 4.74 Å². The molecule has 1 fully saturated rings. The van der Waals surface area contributed by atoms with E-state index in [1.165, 1.54) is 12.1 Å². The number of nitrogens with zero attached hydrogens (tertiary/aromatic N) is 1. The molecular formula is C24H25F2NO5. The van der Waals surface area contributed by atoms with Crippen molar-refractivity contribution >= 4 is 12.0 Å². The standard InChI is InChI=1S/C24H25F2NO5/c1-2-29-21-14-16(5-8-20(21)32-24(25)26)6-10-23(28)27-11-3-4-18(27)17-7-9-19-22(15-17)31-13-12-30-19/h5-10,14-15,18,24H,2-4,11-13H2,1H3. The summed E-state index contributed by atoms with van der Waals surface area (Å²) in [5.41, 5.74) is 1.67. The minimum absolute atomic E-state index is 0.0382. The number of hydrogen-bond donors (Lipinski definition) is 0. The quantitative estimate of drug-likeness (QED) is 0.571. The van der Waals surface area contributed by atoms with Gasteiger partial charge < -0.3 is 23.8 Å². The van der Waals surface area contributed by atoms with Gasteiger partial charge in [0.25, 0.3) is 0 Å². The fraction of sp³-hybridized carbons (Fsp3) is 0.375. The summed E-state index contributed by atoms with van der Waals surface area (Å²) < 4.78 is 46.3. The van der Waals surface area contributed by atoms with E-state index in [0.29, 0.717) is 37.7 Å². The van der Waals surface area contributed by atoms with E-state index >= 15 is 0 Å². The van der Waals surface area contributed by atoms with Crippen LogP contribution in [0.15, 0.2) is 42.5 Å². The summed E-state index contributed by atoms with van der Waals surface area (Å²) in [7, 11) is 0. The Kier molecular flexibility index (Phi) is 6.78. The van der Waals surface area contributed by atoms with E-state index in [-0.39, 0.29) is 23.4 Å². The number of ether oxygens (including phenoxy) is 4. The van der Waals surface area contributed by atoms with Gasteiger partial charge in [0.05, 0.1) is 12.6 Å². The van der Waals surface area contributed by atoms with E-state index in [4.69, 9.17) is 14.2 Å². The van der Waals surface area contributed by atoms with Crippen molar-refractivity contribution in [3.8, 4) is 23.0 Å². The third-order valence-corrected chi connectivity index (χ3v) is 5.39. The molecule has 6 nitrogen and oxygen atoms in total. The number of carbonyl (C=O) groups is 1. The molecule has 2 aromatic carbocycles. The van der Waals surface area contributed by atoms with Crippen LogP contribution in [0.2, 0.25) is 0 Å². The van der Waals surface area contributed by atoms with Gasteiger partial charge in [-0.3, -0.25) is 4.79 Å². The molecular weight excluding hydrogens is 420 g/mol. The molecule has 1 unspecified atom stereocenters. The number of alkyl halides is 2. The highest BCUT2D eigenvalue weighted by Crippen LogP contribution is 2.38. The summed E-state index contributed by atoms with van der Waals surface area (Å²) in [5.74, 6) is 1.48. The molecule has 0 aromatic heterocycles. The first kappa shape index (κ1) is 21.9. The maximum atomic E-state index is 12.9. The van der Waals surface area contributed by atoms with Crippen LogP contribution in [-0.2, 0) is 4.79 Å². The van der Waals surface area contributed by atoms with Gasteiger partial charge in [-0.1, -0.05) is 12.1 Å². The van der Waals surface area contributed by atoms with Crippen molar-refractivity contribution in [1.29, 1.82) is 0 Å². The molecule has 32 heavy (non-hydrogen) atoms. The first-order chi connectivity index (χ1) is 15.5. The van der Waals surface area contributed by atoms with Gasteiger partial charge in [-0.05, 0) is 61.2 Å². The zero-order valence-electron chi connectivity index (χ0n) is 17.8. The number of carbonyl (C=O) groups excluding carboxylic acids is 1. The van der Waals surface area contributed by atoms with Gasteiger partial charge in [0.15, 0.2) is 23.0 Å². The maximum absolute atomic E-state index is 12.9. The Labute approximate surface area is 185 Å². The fourth-order valence-corrected chi connectivity index (χ4v) is 4.00. The largest absolute Gasteiger partial charge is 0.490 e. The molecule has 1 amide bonds. The fourth-order valence-electron chi connectivity index (χ4n) is 4.00. The summed E-state index contributed by atoms with van der Waals surface area (Å²) in [5, 5.41) is 0. The average Bonchev–Trinajstić information content (AvgIpc) is 3.28. The second kappa shape index (κ2) is 9.89. The van der Waals surface area contributed by atoms with Crippen molar-refractivity contribution in [2.45, 2.75) is 32.4 Å². The third kappa shape index (κ3) is 4.95. The lowest BCUT2D eigenvalue weighted by Gasteiger charge is -2.26. The topological polar surface area (TPSA) is 57.2 Å². The van der Waals surface area contributed by atoms with Crippen LogP contribution in [0.4, 0.5) is 8.78 Å². The number of amides is 1. The Morgan fingerprint density at radius 2 is 1.97 bits per heavy atom. The van der Waals surface area contributed by atoms with E-state index in [0.717, 1.165) is 24.2 Å². The lowest BCUT2D eigenvalue weighted by molar-refractivity contribution is -0.126. The van der Waals surface area contributed by atoms with Crippen molar-refractivity contribution in [2.75, 3.05) is 26.4 Å². The molecule has 0 N–H and O–H groups in total. The third-order valence-electron chi connectivity index (χ3n) is 5.39. The lowest BCUT2D eigenvalue weighted by Crippen LogP contribution is -2.29. The van der Waals surface area contributed by atoms with Gasteiger partial charge in [-0.25, -0.2) is 0 Å². The molecule has 4 rings (SSSR count). The van der Waals surface area contributed by atoms with Gasteiger partial charge in [-0.2, -0.15) is 8.78 Å². The minimum atomic E-state index is -2.94. The second-order valence-corrected chi connectivity index (χ2v) is 7.44. The second-order valence-electron chi connectivity index (χ2n) is 7.44. The van der Waals surface area contributed by atoms with Crippen LogP contribution in [0.1, 0.15) is 36.9 Å². The number of likely N-dealkylation sites (tertiary alicyclic amines) is 1. The Hall–Kier alpha value is -3.29. The molecule has 0 aliphatic carbocycles. The first-order valence-electron chi connectivity index (χ1n) is 10.6. The van der Waals surface area contributed by atoms with Crippen molar-refractivity contribution < 1.29 is 32.5 Å². The maximum Gasteiger partial charge on any atom is 0.387 e. The zero-order chi connectivity index (χ0) is 22.5. The van der Waals surface area contributed by atoms with Crippen LogP contribution in [0, 0.1) is 0 Å². The Morgan fingerprint density at radius 1 is 1.16 bits per heavy atom. The van der Waals surface area contributed by atoms with Crippen LogP contribution in [0.3, 0.4) is 0 Å². The normalized spacial score (nSPS) is 17.8. The number of hydrogen-bond acceptors (Lipinski definition) is 5. The summed E-state index contributed by atoms with van der Waals surface area (Å²) in [6.07, 6.45) is 4.92. The molecule has 0 radical (unpaired) electrons. The number of halogens is 2. The molecule has 2 aromatic rings. The molecule has 0 bridgehead atoms. The average molecular weight is 445 g/mol. The molecule has 170 valence electrons. The van der Waals surface area contributed by atoms with E-state index in [1.807, 2.05) is 23.1 Å². The van der Waals surface area contributed by atoms with E-state index in [9.17, 15) is 13.6 Å². The minimum Gasteiger partial charge on any atom is -0.490 e. The monoisotopic (exact) mass is 445 g/mol. The Balaban J connectivity index is 1.48. The van der Waals surface area contributed by atoms with E-state index < -0.39 is 6.61 Å². The summed E-state index contributed by atoms with van der Waals surface area (Å²) in [4.78, 5) is 14.8. The van der Waals surface area contributed by atoms with Crippen molar-refractivity contribution in [3.05, 3.63) is 53.6 Å². The summed E-state index contributed by atoms with van der Waals surface area (Å²) in [6, 6.07) is 10.4. The molecule has 1 atom stereocenters. The van der Waals surface area contributed by atoms with Gasteiger partial charge >= 0.3 is 6.61 Å². The molecule has 1 saturated heterocycles. The molecule has 2 heterocycles. The molecule has 2 aliphatic heterocycles. The van der Waals surface area contributed by atoms with Crippen molar-refractivity contribution in [2.24, 2.45) is 0 Å². The summed E-state index contributed by atoms with van der Waals surface area (Å²) >= 11 is 0. The van der Waals surface area contributed by atoms with E-state index in [1.54, 1.807) is 25.1 Å². The molecule has 2 aliphatic rings. The number of rotatable bonds is 7. The van der Waals surface area contributed by atoms with Crippen molar-refractivity contribution in [1.82, 2.24) is 4.90 Å². The first-order valence-corrected chi connectivity index (χ1v) is 10.6. The highest BCUT2D eigenvalue weighted by molar-refractivity contribution is 5.92.